The molecule has 0 aliphatic rings. The van der Waals surface area contributed by atoms with Crippen molar-refractivity contribution in [1.29, 1.82) is 0 Å². The van der Waals surface area contributed by atoms with E-state index in [1.807, 2.05) is 6.20 Å². The van der Waals surface area contributed by atoms with E-state index in [1.54, 1.807) is 6.33 Å². The van der Waals surface area contributed by atoms with Gasteiger partial charge >= 0.3 is 11.9 Å². The second kappa shape index (κ2) is 12.6. The molecule has 1 heterocycles. The molecule has 22 heavy (non-hydrogen) atoms. The normalized spacial score (nSPS) is 10.5. The molecule has 0 bridgehead atoms. The summed E-state index contributed by atoms with van der Waals surface area (Å²) >= 11 is 0. The summed E-state index contributed by atoms with van der Waals surface area (Å²) in [6.45, 7) is 6.17. The van der Waals surface area contributed by atoms with Crippen molar-refractivity contribution in [2.75, 3.05) is 13.2 Å². The average Bonchev–Trinajstić information content (AvgIpc) is 2.94. The molecule has 0 aliphatic carbocycles. The monoisotopic (exact) mass is 312 g/mol. The molecule has 0 aliphatic heterocycles. The molecule has 0 spiro atoms. The van der Waals surface area contributed by atoms with Crippen molar-refractivity contribution in [3.8, 4) is 0 Å². The first-order valence-electron chi connectivity index (χ1n) is 7.10. The number of imidazole rings is 1. The maximum Gasteiger partial charge on any atom is 0.328 e. The number of nitrogens with zero attached hydrogens (tertiary/aromatic N) is 1. The number of rotatable bonds is 9. The van der Waals surface area contributed by atoms with Crippen LogP contribution in [0.1, 0.15) is 32.4 Å². The minimum absolute atomic E-state index is 0.558. The summed E-state index contributed by atoms with van der Waals surface area (Å²) in [4.78, 5) is 26.2. The van der Waals surface area contributed by atoms with Gasteiger partial charge in [-0.2, -0.15) is 0 Å². The van der Waals surface area contributed by atoms with Gasteiger partial charge in [0, 0.05) is 37.3 Å². The van der Waals surface area contributed by atoms with Crippen molar-refractivity contribution in [1.82, 2.24) is 9.97 Å². The quantitative estimate of drug-likeness (QED) is 0.475. The van der Waals surface area contributed by atoms with E-state index >= 15 is 0 Å². The van der Waals surface area contributed by atoms with Gasteiger partial charge in [-0.1, -0.05) is 13.8 Å². The number of aromatic amines is 1. The predicted molar refractivity (Wildman–Crippen MR) is 81.6 cm³/mol. The van der Waals surface area contributed by atoms with Crippen molar-refractivity contribution in [2.45, 2.75) is 33.1 Å². The molecule has 124 valence electrons. The van der Waals surface area contributed by atoms with E-state index in [0.717, 1.165) is 38.4 Å². The van der Waals surface area contributed by atoms with Crippen LogP contribution >= 0.6 is 0 Å². The molecule has 0 unspecified atom stereocenters. The van der Waals surface area contributed by atoms with E-state index in [1.165, 1.54) is 5.69 Å². The molecule has 7 nitrogen and oxygen atoms in total. The number of aromatic nitrogens is 2. The third-order valence-electron chi connectivity index (χ3n) is 2.50. The Hall–Kier alpha value is -2.15. The zero-order valence-corrected chi connectivity index (χ0v) is 13.0. The number of hydrogen-bond acceptors (Lipinski definition) is 4. The summed E-state index contributed by atoms with van der Waals surface area (Å²) in [5.41, 5.74) is 1.19. The Morgan fingerprint density at radius 1 is 1.27 bits per heavy atom. The molecule has 0 radical (unpaired) electrons. The van der Waals surface area contributed by atoms with Gasteiger partial charge in [-0.25, -0.2) is 14.6 Å². The zero-order valence-electron chi connectivity index (χ0n) is 13.0. The fourth-order valence-corrected chi connectivity index (χ4v) is 1.35. The summed E-state index contributed by atoms with van der Waals surface area (Å²) in [6.07, 6.45) is 7.96. The van der Waals surface area contributed by atoms with Crippen LogP contribution in [0.5, 0.6) is 0 Å². The Balaban J connectivity index is 0.000000472. The second-order valence-electron chi connectivity index (χ2n) is 4.99. The number of carboxylic acid groups (broad SMARTS) is 2. The van der Waals surface area contributed by atoms with Gasteiger partial charge in [0.2, 0.25) is 0 Å². The molecule has 0 fully saturated rings. The SMILES string of the molecule is CC(C)CCOCCCc1cnc[nH]1.O=C(O)/C=C\C(=O)O. The lowest BCUT2D eigenvalue weighted by molar-refractivity contribution is -0.134. The fraction of sp³-hybridized carbons (Fsp3) is 0.533. The third kappa shape index (κ3) is 14.3. The van der Waals surface area contributed by atoms with E-state index in [9.17, 15) is 9.59 Å². The van der Waals surface area contributed by atoms with Gasteiger partial charge in [0.15, 0.2) is 0 Å². The molecule has 0 aromatic carbocycles. The number of carbonyl (C=O) groups is 2. The van der Waals surface area contributed by atoms with E-state index < -0.39 is 11.9 Å². The van der Waals surface area contributed by atoms with Crippen LogP contribution in [0.25, 0.3) is 0 Å². The van der Waals surface area contributed by atoms with Gasteiger partial charge < -0.3 is 19.9 Å². The van der Waals surface area contributed by atoms with E-state index in [2.05, 4.69) is 23.8 Å². The number of carboxylic acids is 2. The second-order valence-corrected chi connectivity index (χ2v) is 4.99. The van der Waals surface area contributed by atoms with Crippen molar-refractivity contribution < 1.29 is 24.5 Å². The first-order valence-corrected chi connectivity index (χ1v) is 7.10. The van der Waals surface area contributed by atoms with Crippen molar-refractivity contribution in [2.24, 2.45) is 5.92 Å². The van der Waals surface area contributed by atoms with Crippen LogP contribution < -0.4 is 0 Å². The molecule has 1 aromatic heterocycles. The summed E-state index contributed by atoms with van der Waals surface area (Å²) in [6, 6.07) is 0. The maximum atomic E-state index is 9.55. The summed E-state index contributed by atoms with van der Waals surface area (Å²) in [5.74, 6) is -1.78. The molecule has 0 atom stereocenters. The molecular formula is C15H24N2O5. The van der Waals surface area contributed by atoms with Crippen LogP contribution in [0.2, 0.25) is 0 Å². The highest BCUT2D eigenvalue weighted by Crippen LogP contribution is 2.01. The molecule has 7 heteroatoms. The fourth-order valence-electron chi connectivity index (χ4n) is 1.35. The van der Waals surface area contributed by atoms with Crippen LogP contribution in [0, 0.1) is 5.92 Å². The lowest BCUT2D eigenvalue weighted by Gasteiger charge is -2.05. The third-order valence-corrected chi connectivity index (χ3v) is 2.50. The number of H-pyrrole nitrogens is 1. The van der Waals surface area contributed by atoms with Crippen LogP contribution in [-0.4, -0.2) is 45.3 Å². The van der Waals surface area contributed by atoms with Crippen LogP contribution in [0.4, 0.5) is 0 Å². The Kier molecular flexibility index (Phi) is 11.4. The first-order chi connectivity index (χ1) is 10.4. The van der Waals surface area contributed by atoms with Gasteiger partial charge in [0.1, 0.15) is 0 Å². The Morgan fingerprint density at radius 2 is 1.91 bits per heavy atom. The van der Waals surface area contributed by atoms with Gasteiger partial charge in [0.25, 0.3) is 0 Å². The average molecular weight is 312 g/mol. The largest absolute Gasteiger partial charge is 0.478 e. The number of hydrogen-bond donors (Lipinski definition) is 3. The summed E-state index contributed by atoms with van der Waals surface area (Å²) < 4.78 is 5.51. The highest BCUT2D eigenvalue weighted by atomic mass is 16.5. The number of ether oxygens (including phenoxy) is 1. The maximum absolute atomic E-state index is 9.55. The zero-order chi connectivity index (χ0) is 16.8. The van der Waals surface area contributed by atoms with Crippen LogP contribution in [0.15, 0.2) is 24.7 Å². The van der Waals surface area contributed by atoms with Crippen molar-refractivity contribution in [3.05, 3.63) is 30.4 Å². The van der Waals surface area contributed by atoms with Crippen molar-refractivity contribution in [3.63, 3.8) is 0 Å². The lowest BCUT2D eigenvalue weighted by Crippen LogP contribution is -2.01. The summed E-state index contributed by atoms with van der Waals surface area (Å²) in [7, 11) is 0. The van der Waals surface area contributed by atoms with Gasteiger partial charge in [-0.15, -0.1) is 0 Å². The summed E-state index contributed by atoms with van der Waals surface area (Å²) in [5, 5.41) is 15.6. The molecule has 3 N–H and O–H groups in total. The molecule has 1 aromatic rings. The highest BCUT2D eigenvalue weighted by molar-refractivity contribution is 5.89. The molecular weight excluding hydrogens is 288 g/mol. The smallest absolute Gasteiger partial charge is 0.328 e. The topological polar surface area (TPSA) is 113 Å². The Morgan fingerprint density at radius 3 is 2.36 bits per heavy atom. The minimum Gasteiger partial charge on any atom is -0.478 e. The van der Waals surface area contributed by atoms with E-state index in [-0.39, 0.29) is 0 Å². The first kappa shape index (κ1) is 19.9. The van der Waals surface area contributed by atoms with Gasteiger partial charge in [-0.3, -0.25) is 0 Å². The van der Waals surface area contributed by atoms with E-state index in [4.69, 9.17) is 14.9 Å². The van der Waals surface area contributed by atoms with Gasteiger partial charge in [0.05, 0.1) is 6.33 Å². The molecule has 1 rings (SSSR count). The Labute approximate surface area is 130 Å². The molecule has 0 amide bonds. The van der Waals surface area contributed by atoms with Crippen molar-refractivity contribution >= 4 is 11.9 Å². The Bertz CT molecular complexity index is 425. The van der Waals surface area contributed by atoms with Gasteiger partial charge in [-0.05, 0) is 25.2 Å². The van der Waals surface area contributed by atoms with Crippen LogP contribution in [-0.2, 0) is 20.7 Å². The molecule has 0 saturated heterocycles. The number of aliphatic carboxylic acids is 2. The number of aryl methyl sites for hydroxylation is 1. The lowest BCUT2D eigenvalue weighted by atomic mass is 10.1. The number of nitrogens with one attached hydrogen (secondary N) is 1. The predicted octanol–water partition coefficient (Wildman–Crippen LogP) is 2.12. The molecule has 0 saturated carbocycles. The minimum atomic E-state index is -1.26. The van der Waals surface area contributed by atoms with E-state index in [0.29, 0.717) is 12.2 Å². The van der Waals surface area contributed by atoms with Crippen LogP contribution in [0.3, 0.4) is 0 Å². The highest BCUT2D eigenvalue weighted by Gasteiger charge is 1.96. The standard InChI is InChI=1S/C11H20N2O.C4H4O4/c1-10(2)5-7-14-6-3-4-11-8-12-9-13-11;5-3(6)1-2-4(7)8/h8-10H,3-7H2,1-2H3,(H,12,13);1-2H,(H,5,6)(H,7,8)/b;2-1-.